The molecular weight excluding hydrogens is 254 g/mol. The number of nitro groups is 1. The zero-order chi connectivity index (χ0) is 13.5. The van der Waals surface area contributed by atoms with Crippen LogP contribution in [0.3, 0.4) is 0 Å². The standard InChI is InChI=1S/C12H13NO4S/c1-9(14)18-7-3-4-10-8-11(13(15)16)5-6-12(10)17-2/h3-6,8H,7H2,1-2H3. The van der Waals surface area contributed by atoms with Crippen molar-refractivity contribution in [1.29, 1.82) is 0 Å². The third kappa shape index (κ3) is 4.21. The Morgan fingerprint density at radius 1 is 1.56 bits per heavy atom. The molecule has 18 heavy (non-hydrogen) atoms. The molecule has 0 unspecified atom stereocenters. The van der Waals surface area contributed by atoms with Crippen molar-refractivity contribution >= 4 is 28.6 Å². The van der Waals surface area contributed by atoms with Crippen molar-refractivity contribution in [2.45, 2.75) is 6.92 Å². The van der Waals surface area contributed by atoms with E-state index in [1.807, 2.05) is 0 Å². The molecule has 0 aromatic heterocycles. The number of nitro benzene ring substituents is 1. The second-order valence-corrected chi connectivity index (χ2v) is 4.59. The van der Waals surface area contributed by atoms with E-state index in [9.17, 15) is 14.9 Å². The third-order valence-corrected chi connectivity index (χ3v) is 2.87. The summed E-state index contributed by atoms with van der Waals surface area (Å²) in [5, 5.41) is 10.7. The molecule has 0 amide bonds. The van der Waals surface area contributed by atoms with Crippen molar-refractivity contribution in [2.75, 3.05) is 12.9 Å². The van der Waals surface area contributed by atoms with Crippen LogP contribution >= 0.6 is 11.8 Å². The monoisotopic (exact) mass is 267 g/mol. The number of methoxy groups -OCH3 is 1. The van der Waals surface area contributed by atoms with Crippen molar-refractivity contribution in [2.24, 2.45) is 0 Å². The van der Waals surface area contributed by atoms with Gasteiger partial charge in [0, 0.05) is 30.4 Å². The molecule has 1 aromatic carbocycles. The minimum Gasteiger partial charge on any atom is -0.496 e. The van der Waals surface area contributed by atoms with E-state index in [-0.39, 0.29) is 10.8 Å². The highest BCUT2D eigenvalue weighted by molar-refractivity contribution is 8.13. The van der Waals surface area contributed by atoms with Gasteiger partial charge in [-0.05, 0) is 6.07 Å². The van der Waals surface area contributed by atoms with Crippen LogP contribution in [0.25, 0.3) is 6.08 Å². The topological polar surface area (TPSA) is 69.4 Å². The van der Waals surface area contributed by atoms with Gasteiger partial charge in [-0.15, -0.1) is 0 Å². The Balaban J connectivity index is 2.87. The van der Waals surface area contributed by atoms with Crippen LogP contribution in [-0.4, -0.2) is 22.9 Å². The number of carbonyl (C=O) groups excluding carboxylic acids is 1. The molecule has 0 heterocycles. The van der Waals surface area contributed by atoms with E-state index in [2.05, 4.69) is 0 Å². The van der Waals surface area contributed by atoms with Crippen LogP contribution in [0, 0.1) is 10.1 Å². The summed E-state index contributed by atoms with van der Waals surface area (Å²) in [6.45, 7) is 1.49. The van der Waals surface area contributed by atoms with E-state index in [0.717, 1.165) is 0 Å². The lowest BCUT2D eigenvalue weighted by molar-refractivity contribution is -0.384. The molecule has 0 aliphatic heterocycles. The van der Waals surface area contributed by atoms with Crippen LogP contribution in [-0.2, 0) is 4.79 Å². The SMILES string of the molecule is COc1ccc([N+](=O)[O-])cc1C=CCSC(C)=O. The summed E-state index contributed by atoms with van der Waals surface area (Å²) in [6, 6.07) is 4.38. The van der Waals surface area contributed by atoms with Crippen molar-refractivity contribution in [3.05, 3.63) is 40.0 Å². The van der Waals surface area contributed by atoms with Crippen LogP contribution in [0.15, 0.2) is 24.3 Å². The molecule has 0 aliphatic rings. The summed E-state index contributed by atoms with van der Waals surface area (Å²) in [7, 11) is 1.50. The molecule has 0 bridgehead atoms. The number of hydrogen-bond acceptors (Lipinski definition) is 5. The van der Waals surface area contributed by atoms with Gasteiger partial charge < -0.3 is 4.74 Å². The van der Waals surface area contributed by atoms with Gasteiger partial charge in [-0.25, -0.2) is 0 Å². The number of hydrogen-bond donors (Lipinski definition) is 0. The average Bonchev–Trinajstić information content (AvgIpc) is 2.34. The molecule has 6 heteroatoms. The fourth-order valence-electron chi connectivity index (χ4n) is 1.31. The molecule has 0 atom stereocenters. The van der Waals surface area contributed by atoms with Crippen molar-refractivity contribution in [1.82, 2.24) is 0 Å². The number of benzene rings is 1. The van der Waals surface area contributed by atoms with Crippen molar-refractivity contribution in [3.8, 4) is 5.75 Å². The van der Waals surface area contributed by atoms with Crippen molar-refractivity contribution in [3.63, 3.8) is 0 Å². The zero-order valence-electron chi connectivity index (χ0n) is 10.1. The maximum atomic E-state index is 10.7. The maximum Gasteiger partial charge on any atom is 0.270 e. The first-order valence-corrected chi connectivity index (χ1v) is 6.15. The molecule has 0 fully saturated rings. The maximum absolute atomic E-state index is 10.7. The Kier molecular flexibility index (Phi) is 5.38. The lowest BCUT2D eigenvalue weighted by atomic mass is 10.1. The van der Waals surface area contributed by atoms with E-state index in [4.69, 9.17) is 4.74 Å². The van der Waals surface area contributed by atoms with Gasteiger partial charge in [-0.3, -0.25) is 14.9 Å². The predicted molar refractivity (Wildman–Crippen MR) is 71.8 cm³/mol. The molecule has 0 radical (unpaired) electrons. The summed E-state index contributed by atoms with van der Waals surface area (Å²) < 4.78 is 5.11. The van der Waals surface area contributed by atoms with Crippen LogP contribution in [0.2, 0.25) is 0 Å². The van der Waals surface area contributed by atoms with Crippen LogP contribution in [0.1, 0.15) is 12.5 Å². The van der Waals surface area contributed by atoms with Crippen LogP contribution in [0.4, 0.5) is 5.69 Å². The highest BCUT2D eigenvalue weighted by atomic mass is 32.2. The number of non-ortho nitro benzene ring substituents is 1. The number of nitrogens with zero attached hydrogens (tertiary/aromatic N) is 1. The Labute approximate surface area is 109 Å². The molecule has 96 valence electrons. The van der Waals surface area contributed by atoms with E-state index in [1.165, 1.54) is 37.9 Å². The van der Waals surface area contributed by atoms with Crippen molar-refractivity contribution < 1.29 is 14.5 Å². The summed E-state index contributed by atoms with van der Waals surface area (Å²) >= 11 is 1.17. The second-order valence-electron chi connectivity index (χ2n) is 3.39. The number of carbonyl (C=O) groups is 1. The van der Waals surface area contributed by atoms with Crippen LogP contribution in [0.5, 0.6) is 5.75 Å². The Bertz CT molecular complexity index is 485. The van der Waals surface area contributed by atoms with Gasteiger partial charge >= 0.3 is 0 Å². The Hall–Kier alpha value is -1.82. The van der Waals surface area contributed by atoms with E-state index >= 15 is 0 Å². The predicted octanol–water partition coefficient (Wildman–Crippen LogP) is 2.90. The minimum atomic E-state index is -0.457. The number of ether oxygens (including phenoxy) is 1. The first-order chi connectivity index (χ1) is 8.54. The largest absolute Gasteiger partial charge is 0.496 e. The van der Waals surface area contributed by atoms with Gasteiger partial charge in [0.1, 0.15) is 5.75 Å². The van der Waals surface area contributed by atoms with Gasteiger partial charge in [0.05, 0.1) is 12.0 Å². The van der Waals surface area contributed by atoms with E-state index in [1.54, 1.807) is 18.2 Å². The average molecular weight is 267 g/mol. The van der Waals surface area contributed by atoms with Gasteiger partial charge in [0.2, 0.25) is 0 Å². The third-order valence-electron chi connectivity index (χ3n) is 2.10. The van der Waals surface area contributed by atoms with Gasteiger partial charge in [0.25, 0.3) is 5.69 Å². The molecule has 0 saturated carbocycles. The Morgan fingerprint density at radius 3 is 2.83 bits per heavy atom. The number of thioether (sulfide) groups is 1. The van der Waals surface area contributed by atoms with Gasteiger partial charge in [-0.2, -0.15) is 0 Å². The molecule has 0 aliphatic carbocycles. The second kappa shape index (κ2) is 6.80. The zero-order valence-corrected chi connectivity index (χ0v) is 10.9. The molecule has 0 N–H and O–H groups in total. The highest BCUT2D eigenvalue weighted by Gasteiger charge is 2.09. The fourth-order valence-corrected chi connectivity index (χ4v) is 1.73. The lowest BCUT2D eigenvalue weighted by Crippen LogP contribution is -1.92. The molecule has 0 saturated heterocycles. The quantitative estimate of drug-likeness (QED) is 0.606. The van der Waals surface area contributed by atoms with Gasteiger partial charge in [-0.1, -0.05) is 23.9 Å². The normalized spacial score (nSPS) is 10.6. The molecule has 0 spiro atoms. The number of rotatable bonds is 5. The summed E-state index contributed by atoms with van der Waals surface area (Å²) in [5.74, 6) is 1.09. The van der Waals surface area contributed by atoms with Crippen LogP contribution < -0.4 is 4.74 Å². The summed E-state index contributed by atoms with van der Waals surface area (Å²) in [5.41, 5.74) is 0.630. The Morgan fingerprint density at radius 2 is 2.28 bits per heavy atom. The minimum absolute atomic E-state index is 0.00895. The first kappa shape index (κ1) is 14.2. The summed E-state index contributed by atoms with van der Waals surface area (Å²) in [6.07, 6.45) is 3.48. The molecule has 1 rings (SSSR count). The fraction of sp³-hybridized carbons (Fsp3) is 0.250. The van der Waals surface area contributed by atoms with E-state index in [0.29, 0.717) is 17.1 Å². The first-order valence-electron chi connectivity index (χ1n) is 5.17. The molecular formula is C12H13NO4S. The highest BCUT2D eigenvalue weighted by Crippen LogP contribution is 2.25. The molecule has 5 nitrogen and oxygen atoms in total. The summed E-state index contributed by atoms with van der Waals surface area (Å²) in [4.78, 5) is 20.9. The molecule has 1 aromatic rings. The smallest absolute Gasteiger partial charge is 0.270 e. The van der Waals surface area contributed by atoms with Gasteiger partial charge in [0.15, 0.2) is 5.12 Å². The van der Waals surface area contributed by atoms with E-state index < -0.39 is 4.92 Å². The lowest BCUT2D eigenvalue weighted by Gasteiger charge is -2.04.